The number of phenols is 4. The highest BCUT2D eigenvalue weighted by atomic mass is 79.9. The van der Waals surface area contributed by atoms with Gasteiger partial charge in [0.25, 0.3) is 0 Å². The molecule has 0 atom stereocenters. The summed E-state index contributed by atoms with van der Waals surface area (Å²) in [4.78, 5) is 67.3. The van der Waals surface area contributed by atoms with Gasteiger partial charge in [0.1, 0.15) is 23.0 Å². The van der Waals surface area contributed by atoms with Gasteiger partial charge in [-0.3, -0.25) is 9.97 Å². The largest absolute Gasteiger partial charge is 0.507 e. The van der Waals surface area contributed by atoms with Gasteiger partial charge in [0.2, 0.25) is 35.7 Å². The Balaban J connectivity index is 0.000000143. The van der Waals surface area contributed by atoms with Crippen molar-refractivity contribution in [1.29, 1.82) is 0 Å². The van der Waals surface area contributed by atoms with E-state index in [0.717, 1.165) is 46.1 Å². The van der Waals surface area contributed by atoms with Crippen LogP contribution in [-0.4, -0.2) is 285 Å². The lowest BCUT2D eigenvalue weighted by Crippen LogP contribution is -2.37. The van der Waals surface area contributed by atoms with Crippen molar-refractivity contribution in [3.63, 3.8) is 0 Å². The second kappa shape index (κ2) is 54.6. The quantitative estimate of drug-likeness (QED) is 0.0153. The van der Waals surface area contributed by atoms with Crippen LogP contribution in [-0.2, 0) is 28.4 Å². The molecule has 10 N–H and O–H groups in total. The minimum atomic E-state index is -0.505. The summed E-state index contributed by atoms with van der Waals surface area (Å²) in [5, 5.41) is 63.8. The Morgan fingerprint density at radius 1 is 0.324 bits per heavy atom. The topological polar surface area (TPSA) is 483 Å². The molecule has 18 rings (SSSR count). The van der Waals surface area contributed by atoms with Gasteiger partial charge in [0, 0.05) is 127 Å². The molecule has 6 saturated heterocycles. The van der Waals surface area contributed by atoms with Crippen molar-refractivity contribution < 1.29 is 75.2 Å². The summed E-state index contributed by atoms with van der Waals surface area (Å²) in [5.41, 5.74) is 19.7. The highest BCUT2D eigenvalue weighted by Gasteiger charge is 2.26. The molecule has 6 aliphatic rings. The molecule has 0 aliphatic carbocycles. The zero-order valence-corrected chi connectivity index (χ0v) is 81.6. The minimum Gasteiger partial charge on any atom is -0.507 e. The number of hydrogen-bond donors (Lipinski definition) is 10. The van der Waals surface area contributed by atoms with Gasteiger partial charge in [-0.2, -0.15) is 60.5 Å². The number of hydrazone groups is 6. The number of morpholine rings is 6. The van der Waals surface area contributed by atoms with Gasteiger partial charge in [-0.05, 0) is 85.8 Å². The maximum absolute atomic E-state index is 14.0. The van der Waals surface area contributed by atoms with Crippen molar-refractivity contribution in [2.75, 3.05) is 220 Å². The first-order valence-corrected chi connectivity index (χ1v) is 46.5. The number of benzene rings is 4. The van der Waals surface area contributed by atoms with E-state index in [9.17, 15) is 46.8 Å². The number of halogens is 11. The first kappa shape index (κ1) is 105. The van der Waals surface area contributed by atoms with Crippen LogP contribution in [0.25, 0.3) is 0 Å². The van der Waals surface area contributed by atoms with Crippen LogP contribution in [0, 0.1) is 34.9 Å². The molecule has 0 bridgehead atoms. The van der Waals surface area contributed by atoms with Crippen molar-refractivity contribution >= 4 is 178 Å². The monoisotopic (exact) mass is 2190 g/mol. The number of hydrogen-bond acceptors (Lipinski definition) is 42. The Hall–Kier alpha value is -14.2. The average Bonchev–Trinajstić information content (AvgIpc) is 0.837. The third kappa shape index (κ3) is 32.2. The third-order valence-corrected chi connectivity index (χ3v) is 22.2. The van der Waals surface area contributed by atoms with E-state index in [-0.39, 0.29) is 104 Å². The Labute approximate surface area is 843 Å². The van der Waals surface area contributed by atoms with Crippen LogP contribution in [0.4, 0.5) is 96.9 Å². The van der Waals surface area contributed by atoms with E-state index in [1.54, 1.807) is 118 Å². The number of rotatable bonds is 24. The predicted molar refractivity (Wildman–Crippen MR) is 536 cm³/mol. The van der Waals surface area contributed by atoms with Crippen LogP contribution in [0.2, 0.25) is 10.0 Å². The van der Waals surface area contributed by atoms with E-state index >= 15 is 0 Å². The lowest BCUT2D eigenvalue weighted by atomic mass is 10.1. The number of ether oxygens (including phenoxy) is 6. The number of para-hydroxylation sites is 2. The molecule has 744 valence electrons. The molecule has 0 saturated carbocycles. The molecular weight excluding hydrogens is 2100 g/mol. The van der Waals surface area contributed by atoms with Crippen LogP contribution in [0.3, 0.4) is 0 Å². The van der Waals surface area contributed by atoms with E-state index in [0.29, 0.717) is 202 Å². The fourth-order valence-electron chi connectivity index (χ4n) is 13.1. The molecule has 42 nitrogen and oxygen atoms in total. The number of nitrogens with one attached hydrogen (secondary N) is 6. The van der Waals surface area contributed by atoms with Gasteiger partial charge >= 0.3 is 0 Å². The highest BCUT2D eigenvalue weighted by molar-refractivity contribution is 9.11. The van der Waals surface area contributed by atoms with E-state index in [1.807, 2.05) is 40.1 Å². The van der Waals surface area contributed by atoms with Gasteiger partial charge in [0.05, 0.1) is 175 Å². The summed E-state index contributed by atoms with van der Waals surface area (Å²) in [6.07, 6.45) is 17.3. The number of anilines is 12. The minimum absolute atomic E-state index is 0.0706. The molecule has 4 aromatic carbocycles. The van der Waals surface area contributed by atoms with E-state index in [2.05, 4.69) is 181 Å². The van der Waals surface area contributed by atoms with Crippen LogP contribution in [0.5, 0.6) is 23.0 Å². The second-order valence-electron chi connectivity index (χ2n) is 29.8. The molecule has 0 unspecified atom stereocenters. The zero-order valence-electron chi connectivity index (χ0n) is 75.3. The van der Waals surface area contributed by atoms with Crippen LogP contribution in [0.1, 0.15) is 40.6 Å². The summed E-state index contributed by atoms with van der Waals surface area (Å²) in [6.45, 7) is 15.1. The maximum atomic E-state index is 14.0. The van der Waals surface area contributed by atoms with E-state index < -0.39 is 34.9 Å². The number of aromatic hydroxyl groups is 4. The van der Waals surface area contributed by atoms with Gasteiger partial charge in [-0.15, -0.1) is 0 Å². The highest BCUT2D eigenvalue weighted by Crippen LogP contribution is 2.34. The van der Waals surface area contributed by atoms with Gasteiger partial charge in [0.15, 0.2) is 69.8 Å². The summed E-state index contributed by atoms with van der Waals surface area (Å²) in [6, 6.07) is 29.1. The predicted octanol–water partition coefficient (Wildman–Crippen LogP) is 13.0. The van der Waals surface area contributed by atoms with Gasteiger partial charge in [-0.25, -0.2) is 88.8 Å². The molecule has 12 aromatic rings. The summed E-state index contributed by atoms with van der Waals surface area (Å²) < 4.78 is 117. The summed E-state index contributed by atoms with van der Waals surface area (Å²) in [5.74, 6) is -0.377. The van der Waals surface area contributed by atoms with Crippen LogP contribution < -0.4 is 62.0 Å². The van der Waals surface area contributed by atoms with Crippen molar-refractivity contribution in [2.45, 2.75) is 6.92 Å². The van der Waals surface area contributed by atoms with Crippen molar-refractivity contribution in [2.24, 2.45) is 30.6 Å². The third-order valence-electron chi connectivity index (χ3n) is 20.2. The molecule has 14 heterocycles. The summed E-state index contributed by atoms with van der Waals surface area (Å²) >= 11 is 21.8. The molecule has 0 amide bonds. The molecule has 6 fully saturated rings. The zero-order chi connectivity index (χ0) is 99.9. The Kier molecular flexibility index (Phi) is 40.4. The normalized spacial score (nSPS) is 15.1. The lowest BCUT2D eigenvalue weighted by molar-refractivity contribution is 0.122. The molecule has 6 aliphatic heterocycles. The SMILES string of the molecule is C/C(=N\Nc1ncc(F)c(N2CCOCC2)n1)c1cc(Br)cc(Cl)c1O.Fc1cnc(N/N=C/c2cc(Br)ccn2)nc1N1CCOCC1.Fc1cnc(N/N=C/c2ccccn2)nc1N1CCOCC1.Oc1c(Cl)cccc1/C=N/Nc1ncc(F)c(N2CCOCC2)n1.Oc1ccc(Br)cc1/C=N/Nc1ncc(F)c(N2CCOCC2)n1.Oc1ccccc1/C=N/Nc1ncc(F)c(N2CCOCC2)n1. The van der Waals surface area contributed by atoms with Crippen LogP contribution >= 0.6 is 71.0 Å². The Morgan fingerprint density at radius 2 is 0.655 bits per heavy atom. The molecule has 0 spiro atoms. The standard InChI is InChI=1S/C16H16BrClFN5O2.C15H15BrFN5O2.C15H15ClFN5O2.C15H16FN5O2.C14H14BrFN6O.C14H15FN6O/c1-9(11-6-10(17)7-12(18)14(11)25)22-23-16-20-8-13(19)15(21-16)24-2-4-26-5-3-24;16-11-1-2-13(23)10(7-11)8-19-21-15-18-9-12(17)14(20-15)22-3-5-24-6-4-22;16-11-3-1-2-10(13(11)23)8-19-21-15-18-9-12(17)14(20-15)22-4-6-24-7-5-22;16-12-10-17-15(19-14(12)21-5-7-23-8-6-21)20-18-9-11-3-1-2-4-13(11)22;15-10-1-2-17-11(7-10)8-19-21-14-18-9-12(16)13(20-14)22-3-5-23-6-4-22;15-12-10-17-14(19-13(12)21-5-7-22-8-6-21)20-18-9-11-3-1-2-4-16-11/h6-8,25H,2-5H2,1H3,(H,20,21,23);1-2,7-9,23H,3-6H2,(H,18,20,21);1-3,8-9,23H,4-7H2,(H,18,20,21);1-4,9-10,22H,5-8H2,(H,17,19,20);1-2,7-9H,3-6H2,(H,18,20,21);1-4,9-10H,5-8H2,(H,17,19,20)/b22-9+;2*19-8+;18-9+;19-8+;18-9+. The number of phenolic OH excluding ortho intramolecular Hbond substituents is 4. The fraction of sp³-hybridized carbons (Fsp3) is 0.281. The Bertz CT molecular complexity index is 6270. The number of nitrogens with zero attached hydrogens (tertiary/aromatic N) is 26. The fourth-order valence-corrected chi connectivity index (χ4v) is 14.8. The van der Waals surface area contributed by atoms with Gasteiger partial charge in [-0.1, -0.05) is 95.3 Å². The molecule has 53 heteroatoms. The first-order chi connectivity index (χ1) is 69.0. The number of aromatic nitrogens is 14. The van der Waals surface area contributed by atoms with E-state index in [1.165, 1.54) is 24.9 Å². The number of pyridine rings is 2. The average molecular weight is 2190 g/mol. The summed E-state index contributed by atoms with van der Waals surface area (Å²) in [7, 11) is 0. The maximum Gasteiger partial charge on any atom is 0.245 e. The molecule has 0 radical (unpaired) electrons. The molecule has 8 aromatic heterocycles. The van der Waals surface area contributed by atoms with Crippen molar-refractivity contribution in [3.8, 4) is 23.0 Å². The van der Waals surface area contributed by atoms with Crippen LogP contribution in [0.15, 0.2) is 197 Å². The lowest BCUT2D eigenvalue weighted by Gasteiger charge is -2.27. The molecular formula is C89H91Br3Cl2F6N32O10. The smallest absolute Gasteiger partial charge is 0.245 e. The van der Waals surface area contributed by atoms with Crippen molar-refractivity contribution in [1.82, 2.24) is 69.8 Å². The Morgan fingerprint density at radius 3 is 1.04 bits per heavy atom. The van der Waals surface area contributed by atoms with Crippen molar-refractivity contribution in [3.05, 3.63) is 245 Å². The van der Waals surface area contributed by atoms with Gasteiger partial charge < -0.3 is 78.2 Å². The second-order valence-corrected chi connectivity index (χ2v) is 33.4. The van der Waals surface area contributed by atoms with E-state index in [4.69, 9.17) is 51.6 Å². The first-order valence-electron chi connectivity index (χ1n) is 43.3. The molecule has 142 heavy (non-hydrogen) atoms.